The summed E-state index contributed by atoms with van der Waals surface area (Å²) in [6.45, 7) is 1.07. The zero-order chi connectivity index (χ0) is 22.7. The van der Waals surface area contributed by atoms with Gasteiger partial charge in [-0.25, -0.2) is 22.9 Å². The number of hydrogen-bond donors (Lipinski definition) is 2. The largest absolute Gasteiger partial charge is 0.477 e. The fourth-order valence-electron chi connectivity index (χ4n) is 4.46. The summed E-state index contributed by atoms with van der Waals surface area (Å²) in [5, 5.41) is 9.07. The third kappa shape index (κ3) is 3.04. The number of halogens is 3. The van der Waals surface area contributed by atoms with Gasteiger partial charge in [0.15, 0.2) is 17.3 Å². The molecule has 3 aromatic rings. The van der Waals surface area contributed by atoms with Crippen molar-refractivity contribution in [1.29, 1.82) is 0 Å². The van der Waals surface area contributed by atoms with E-state index in [1.165, 1.54) is 0 Å². The first-order chi connectivity index (χ1) is 15.3. The molecule has 2 aliphatic heterocycles. The van der Waals surface area contributed by atoms with E-state index in [-0.39, 0.29) is 40.5 Å². The molecule has 32 heavy (non-hydrogen) atoms. The van der Waals surface area contributed by atoms with Crippen molar-refractivity contribution in [3.8, 4) is 5.69 Å². The van der Waals surface area contributed by atoms with Crippen molar-refractivity contribution in [2.75, 3.05) is 24.7 Å². The highest BCUT2D eigenvalue weighted by Crippen LogP contribution is 2.35. The van der Waals surface area contributed by atoms with Gasteiger partial charge in [-0.3, -0.25) is 9.36 Å². The lowest BCUT2D eigenvalue weighted by Crippen LogP contribution is -2.34. The average molecular weight is 446 g/mol. The lowest BCUT2D eigenvalue weighted by molar-refractivity contribution is 0.0695. The van der Waals surface area contributed by atoms with Crippen LogP contribution < -0.4 is 16.1 Å². The first-order valence-corrected chi connectivity index (χ1v) is 9.81. The fraction of sp³-hybridized carbons (Fsp3) is 0.286. The van der Waals surface area contributed by atoms with Gasteiger partial charge in [-0.05, 0) is 18.2 Å². The molecule has 2 fully saturated rings. The Balaban J connectivity index is 1.78. The summed E-state index contributed by atoms with van der Waals surface area (Å²) in [7, 11) is 0. The van der Waals surface area contributed by atoms with Gasteiger partial charge in [0.05, 0.1) is 30.3 Å². The van der Waals surface area contributed by atoms with E-state index >= 15 is 4.39 Å². The van der Waals surface area contributed by atoms with Crippen LogP contribution in [0.4, 0.5) is 19.0 Å². The van der Waals surface area contributed by atoms with Crippen molar-refractivity contribution in [3.63, 3.8) is 0 Å². The van der Waals surface area contributed by atoms with E-state index in [0.29, 0.717) is 25.8 Å². The molecule has 0 saturated carbocycles. The summed E-state index contributed by atoms with van der Waals surface area (Å²) in [6.07, 6.45) is 0.898. The van der Waals surface area contributed by atoms with Crippen LogP contribution in [0.2, 0.25) is 0 Å². The lowest BCUT2D eigenvalue weighted by Gasteiger charge is -2.25. The Hall–Kier alpha value is -3.44. The predicted molar refractivity (Wildman–Crippen MR) is 108 cm³/mol. The summed E-state index contributed by atoms with van der Waals surface area (Å²) in [5.74, 6) is -4.39. The van der Waals surface area contributed by atoms with Crippen molar-refractivity contribution >= 4 is 22.8 Å². The van der Waals surface area contributed by atoms with Gasteiger partial charge in [0.1, 0.15) is 17.2 Å². The maximum Gasteiger partial charge on any atom is 0.341 e. The second-order valence-electron chi connectivity index (χ2n) is 7.89. The van der Waals surface area contributed by atoms with Crippen molar-refractivity contribution in [2.24, 2.45) is 11.7 Å². The predicted octanol–water partition coefficient (Wildman–Crippen LogP) is 1.66. The number of aromatic nitrogens is 2. The average Bonchev–Trinajstić information content (AvgIpc) is 3.33. The number of aromatic carboxylic acids is 1. The highest BCUT2D eigenvalue weighted by molar-refractivity contribution is 5.92. The minimum absolute atomic E-state index is 0.0157. The number of ether oxygens (including phenoxy) is 1. The molecular weight excluding hydrogens is 429 g/mol. The number of benzene rings is 1. The van der Waals surface area contributed by atoms with Gasteiger partial charge in [0, 0.05) is 30.8 Å². The molecule has 11 heteroatoms. The topological polar surface area (TPSA) is 111 Å². The number of hydrogen-bond acceptors (Lipinski definition) is 6. The van der Waals surface area contributed by atoms with Crippen molar-refractivity contribution in [3.05, 3.63) is 63.7 Å². The van der Waals surface area contributed by atoms with Crippen molar-refractivity contribution in [1.82, 2.24) is 9.55 Å². The van der Waals surface area contributed by atoms with E-state index in [1.54, 1.807) is 4.90 Å². The van der Waals surface area contributed by atoms with E-state index < -0.39 is 34.4 Å². The van der Waals surface area contributed by atoms with Crippen LogP contribution in [0, 0.1) is 23.4 Å². The first kappa shape index (κ1) is 20.5. The summed E-state index contributed by atoms with van der Waals surface area (Å²) in [5.41, 5.74) is 4.08. The number of carboxylic acids is 1. The summed E-state index contributed by atoms with van der Waals surface area (Å²) >= 11 is 0. The number of rotatable bonds is 3. The van der Waals surface area contributed by atoms with Crippen LogP contribution in [0.1, 0.15) is 10.4 Å². The SMILES string of the molecule is N[C@H]1CN(c2nc3c(cc2F)c(=O)c(C(=O)O)cn3-c2ccc(F)cc2F)[C@@H]2COC[C@@H]21. The van der Waals surface area contributed by atoms with Crippen LogP contribution in [0.25, 0.3) is 16.7 Å². The molecule has 2 saturated heterocycles. The minimum Gasteiger partial charge on any atom is -0.477 e. The quantitative estimate of drug-likeness (QED) is 0.630. The fourth-order valence-corrected chi connectivity index (χ4v) is 4.46. The molecule has 166 valence electrons. The number of nitrogens with zero attached hydrogens (tertiary/aromatic N) is 3. The zero-order valence-electron chi connectivity index (χ0n) is 16.5. The number of anilines is 1. The molecule has 1 aromatic carbocycles. The Kier molecular flexibility index (Phi) is 4.68. The van der Waals surface area contributed by atoms with Gasteiger partial charge in [-0.15, -0.1) is 0 Å². The molecule has 0 unspecified atom stereocenters. The van der Waals surface area contributed by atoms with Gasteiger partial charge >= 0.3 is 5.97 Å². The number of fused-ring (bicyclic) bond motifs is 2. The van der Waals surface area contributed by atoms with Gasteiger partial charge in [0.2, 0.25) is 5.43 Å². The van der Waals surface area contributed by atoms with Gasteiger partial charge in [0.25, 0.3) is 0 Å². The Bertz CT molecular complexity index is 1330. The zero-order valence-corrected chi connectivity index (χ0v) is 16.5. The normalized spacial score (nSPS) is 22.5. The van der Waals surface area contributed by atoms with Gasteiger partial charge in [-0.1, -0.05) is 0 Å². The number of carbonyl (C=O) groups is 1. The van der Waals surface area contributed by atoms with E-state index in [4.69, 9.17) is 10.5 Å². The Morgan fingerprint density at radius 2 is 1.97 bits per heavy atom. The molecule has 4 heterocycles. The standard InChI is InChI=1S/C21H17F3N4O4/c22-9-1-2-16(13(23)3-9)27-5-11(21(30)31)18(29)10-4-14(24)20(26-19(10)27)28-6-15(25)12-7-32-8-17(12)28/h1-5,12,15,17H,6-8,25H2,(H,30,31)/t12-,15+,17-/m1/s1. The van der Waals surface area contributed by atoms with E-state index in [1.807, 2.05) is 0 Å². The molecule has 0 radical (unpaired) electrons. The van der Waals surface area contributed by atoms with Crippen molar-refractivity contribution in [2.45, 2.75) is 12.1 Å². The smallest absolute Gasteiger partial charge is 0.341 e. The molecule has 5 rings (SSSR count). The van der Waals surface area contributed by atoms with Crippen molar-refractivity contribution < 1.29 is 27.8 Å². The lowest BCUT2D eigenvalue weighted by atomic mass is 10.0. The molecule has 0 bridgehead atoms. The van der Waals surface area contributed by atoms with Crippen LogP contribution >= 0.6 is 0 Å². The summed E-state index contributed by atoms with van der Waals surface area (Å²) in [4.78, 5) is 30.2. The Morgan fingerprint density at radius 1 is 1.19 bits per heavy atom. The summed E-state index contributed by atoms with van der Waals surface area (Å²) < 4.78 is 49.6. The van der Waals surface area contributed by atoms with Crippen LogP contribution in [0.5, 0.6) is 0 Å². The van der Waals surface area contributed by atoms with Gasteiger partial charge < -0.3 is 20.5 Å². The Labute approximate surface area is 178 Å². The van der Waals surface area contributed by atoms with E-state index in [0.717, 1.165) is 29.0 Å². The van der Waals surface area contributed by atoms with E-state index in [9.17, 15) is 23.5 Å². The van der Waals surface area contributed by atoms with Gasteiger partial charge in [-0.2, -0.15) is 0 Å². The molecule has 2 aromatic heterocycles. The molecule has 0 amide bonds. The monoisotopic (exact) mass is 446 g/mol. The molecule has 8 nitrogen and oxygen atoms in total. The van der Waals surface area contributed by atoms with Crippen LogP contribution in [0.15, 0.2) is 35.3 Å². The maximum absolute atomic E-state index is 15.1. The molecule has 3 atom stereocenters. The number of nitrogens with two attached hydrogens (primary N) is 1. The molecule has 0 spiro atoms. The maximum atomic E-state index is 15.1. The minimum atomic E-state index is -1.57. The van der Waals surface area contributed by atoms with Crippen LogP contribution in [-0.2, 0) is 4.74 Å². The van der Waals surface area contributed by atoms with E-state index in [2.05, 4.69) is 4.98 Å². The van der Waals surface area contributed by atoms with Crippen LogP contribution in [0.3, 0.4) is 0 Å². The van der Waals surface area contributed by atoms with Crippen LogP contribution in [-0.4, -0.2) is 52.5 Å². The third-order valence-electron chi connectivity index (χ3n) is 6.04. The number of pyridine rings is 2. The molecule has 0 aliphatic carbocycles. The third-order valence-corrected chi connectivity index (χ3v) is 6.04. The second-order valence-corrected chi connectivity index (χ2v) is 7.89. The molecule has 2 aliphatic rings. The Morgan fingerprint density at radius 3 is 2.69 bits per heavy atom. The second kappa shape index (κ2) is 7.31. The summed E-state index contributed by atoms with van der Waals surface area (Å²) in [6, 6.07) is 3.07. The highest BCUT2D eigenvalue weighted by atomic mass is 19.1. The molecule has 3 N–H and O–H groups in total. The highest BCUT2D eigenvalue weighted by Gasteiger charge is 2.45. The number of carboxylic acid groups (broad SMARTS) is 1. The molecular formula is C21H17F3N4O4. The first-order valence-electron chi connectivity index (χ1n) is 9.81.